The van der Waals surface area contributed by atoms with Gasteiger partial charge in [-0.25, -0.2) is 15.0 Å². The molecular weight excluding hydrogens is 633 g/mol. The van der Waals surface area contributed by atoms with Gasteiger partial charge >= 0.3 is 0 Å². The number of nitrogens with zero attached hydrogens (tertiary/aromatic N) is 4. The molecule has 5 aromatic rings. The molecule has 4 bridgehead atoms. The molecule has 4 heteroatoms. The Morgan fingerprint density at radius 3 is 1.38 bits per heavy atom. The van der Waals surface area contributed by atoms with Crippen LogP contribution in [0.2, 0.25) is 0 Å². The Hall–Kier alpha value is -4.36. The summed E-state index contributed by atoms with van der Waals surface area (Å²) in [5.41, 5.74) is 7.20. The summed E-state index contributed by atoms with van der Waals surface area (Å²) in [7, 11) is 0. The highest BCUT2D eigenvalue weighted by atomic mass is 15.0. The van der Waals surface area contributed by atoms with Crippen LogP contribution in [0.5, 0.6) is 0 Å². The Morgan fingerprint density at radius 1 is 0.519 bits per heavy atom. The van der Waals surface area contributed by atoms with Crippen molar-refractivity contribution in [1.29, 1.82) is 5.26 Å². The van der Waals surface area contributed by atoms with E-state index < -0.39 is 0 Å². The highest BCUT2D eigenvalue weighted by Crippen LogP contribution is 2.55. The molecule has 264 valence electrons. The smallest absolute Gasteiger partial charge is 0.164 e. The first-order valence-electron chi connectivity index (χ1n) is 20.1. The van der Waals surface area contributed by atoms with Gasteiger partial charge in [-0.05, 0) is 145 Å². The molecule has 1 heterocycles. The summed E-state index contributed by atoms with van der Waals surface area (Å²) in [5, 5.41) is 11.7. The number of rotatable bonds is 5. The molecule has 52 heavy (non-hydrogen) atoms. The molecule has 4 aliphatic rings. The van der Waals surface area contributed by atoms with Gasteiger partial charge in [0, 0.05) is 16.7 Å². The molecule has 4 aromatic carbocycles. The number of hydrogen-bond acceptors (Lipinski definition) is 4. The van der Waals surface area contributed by atoms with Gasteiger partial charge in [0.25, 0.3) is 0 Å². The van der Waals surface area contributed by atoms with E-state index in [1.807, 2.05) is 24.3 Å². The van der Waals surface area contributed by atoms with Crippen LogP contribution in [0, 0.1) is 46.8 Å². The molecule has 4 fully saturated rings. The molecular formula is C48H52N4. The molecule has 9 rings (SSSR count). The van der Waals surface area contributed by atoms with Crippen molar-refractivity contribution in [1.82, 2.24) is 15.0 Å². The molecule has 0 N–H and O–H groups in total. The zero-order valence-electron chi connectivity index (χ0n) is 31.4. The third-order valence-corrected chi connectivity index (χ3v) is 13.7. The zero-order valence-corrected chi connectivity index (χ0v) is 31.4. The average molecular weight is 685 g/mol. The Labute approximate surface area is 310 Å². The van der Waals surface area contributed by atoms with Gasteiger partial charge in [-0.15, -0.1) is 0 Å². The van der Waals surface area contributed by atoms with Gasteiger partial charge in [0.1, 0.15) is 0 Å². The summed E-state index contributed by atoms with van der Waals surface area (Å²) in [6.07, 6.45) is 13.3. The normalized spacial score (nSPS) is 31.2. The zero-order chi connectivity index (χ0) is 35.6. The maximum Gasteiger partial charge on any atom is 0.164 e. The van der Waals surface area contributed by atoms with E-state index in [0.717, 1.165) is 63.0 Å². The van der Waals surface area contributed by atoms with Gasteiger partial charge in [-0.1, -0.05) is 100 Å². The highest BCUT2D eigenvalue weighted by Gasteiger charge is 2.46. The SMILES string of the molecule is C[C@@H]1CC2C[C@H](C)CC(c3ccc(-c4nc(-c5ccc(C67CC(C[C@@H](C)C6)C[C@H](C)C7)cc5)nc(-c5ccc6c(C#N)cccc6c5)n4)cc3)(C2)C1. The van der Waals surface area contributed by atoms with Gasteiger partial charge in [0.15, 0.2) is 17.5 Å². The molecule has 4 aliphatic carbocycles. The first-order valence-corrected chi connectivity index (χ1v) is 20.1. The van der Waals surface area contributed by atoms with Crippen molar-refractivity contribution in [2.24, 2.45) is 35.5 Å². The minimum atomic E-state index is 0.287. The predicted molar refractivity (Wildman–Crippen MR) is 212 cm³/mol. The lowest BCUT2D eigenvalue weighted by atomic mass is 9.54. The van der Waals surface area contributed by atoms with E-state index in [0.29, 0.717) is 23.0 Å². The molecule has 0 saturated heterocycles. The van der Waals surface area contributed by atoms with E-state index in [9.17, 15) is 5.26 Å². The number of benzene rings is 4. The molecule has 0 aliphatic heterocycles. The Kier molecular flexibility index (Phi) is 8.33. The number of hydrogen-bond donors (Lipinski definition) is 0. The quantitative estimate of drug-likeness (QED) is 0.185. The molecule has 4 unspecified atom stereocenters. The van der Waals surface area contributed by atoms with Crippen molar-refractivity contribution in [3.05, 3.63) is 102 Å². The Morgan fingerprint density at radius 2 is 0.942 bits per heavy atom. The van der Waals surface area contributed by atoms with Crippen LogP contribution in [0.4, 0.5) is 0 Å². The first kappa shape index (κ1) is 33.5. The standard InChI is InChI=1S/C48H52N4/c1-30-18-34-19-31(2)24-47(23-30,27-34)41-13-8-36(9-14-41)44-50-45(52-46(51-44)39-12-17-43-38(22-39)6-5-7-40(43)29-49)37-10-15-42(16-11-37)48-25-32(3)20-35(28-48)21-33(4)26-48/h5-17,22,30-35H,18-21,23-28H2,1-4H3/t30-,31+,32-,33+,34?,35?,47?,48?. The van der Waals surface area contributed by atoms with E-state index in [1.165, 1.54) is 75.3 Å². The van der Waals surface area contributed by atoms with Gasteiger partial charge in [0.05, 0.1) is 11.6 Å². The maximum absolute atomic E-state index is 9.72. The monoisotopic (exact) mass is 684 g/mol. The fourth-order valence-corrected chi connectivity index (χ4v) is 12.3. The number of aromatic nitrogens is 3. The van der Waals surface area contributed by atoms with Crippen LogP contribution >= 0.6 is 0 Å². The molecule has 0 spiro atoms. The second kappa shape index (κ2) is 12.9. The third kappa shape index (κ3) is 6.05. The lowest BCUT2D eigenvalue weighted by molar-refractivity contribution is 0.0779. The van der Waals surface area contributed by atoms with E-state index >= 15 is 0 Å². The van der Waals surface area contributed by atoms with Crippen LogP contribution in [0.15, 0.2) is 84.9 Å². The maximum atomic E-state index is 9.72. The van der Waals surface area contributed by atoms with Crippen LogP contribution in [0.1, 0.15) is 109 Å². The Balaban J connectivity index is 1.11. The molecule has 0 amide bonds. The van der Waals surface area contributed by atoms with Crippen molar-refractivity contribution in [3.63, 3.8) is 0 Å². The van der Waals surface area contributed by atoms with E-state index in [1.54, 1.807) is 0 Å². The lowest BCUT2D eigenvalue weighted by Crippen LogP contribution is -2.42. The van der Waals surface area contributed by atoms with Gasteiger partial charge in [-0.2, -0.15) is 5.26 Å². The van der Waals surface area contributed by atoms with Crippen molar-refractivity contribution < 1.29 is 0 Å². The minimum absolute atomic E-state index is 0.287. The fraction of sp³-hybridized carbons (Fsp3) is 0.458. The predicted octanol–water partition coefficient (Wildman–Crippen LogP) is 12.1. The summed E-state index contributed by atoms with van der Waals surface area (Å²) in [6.45, 7) is 9.84. The van der Waals surface area contributed by atoms with Crippen molar-refractivity contribution in [2.45, 2.75) is 103 Å². The van der Waals surface area contributed by atoms with Crippen LogP contribution in [0.25, 0.3) is 44.9 Å². The summed E-state index contributed by atoms with van der Waals surface area (Å²) >= 11 is 0. The van der Waals surface area contributed by atoms with Crippen LogP contribution < -0.4 is 0 Å². The summed E-state index contributed by atoms with van der Waals surface area (Å²) < 4.78 is 0. The van der Waals surface area contributed by atoms with Crippen LogP contribution in [0.3, 0.4) is 0 Å². The van der Waals surface area contributed by atoms with Crippen LogP contribution in [-0.2, 0) is 10.8 Å². The molecule has 4 nitrogen and oxygen atoms in total. The molecule has 1 aromatic heterocycles. The van der Waals surface area contributed by atoms with Gasteiger partial charge in [-0.3, -0.25) is 0 Å². The number of nitriles is 1. The largest absolute Gasteiger partial charge is 0.208 e. The van der Waals surface area contributed by atoms with Gasteiger partial charge < -0.3 is 0 Å². The summed E-state index contributed by atoms with van der Waals surface area (Å²) in [6, 6.07) is 32.9. The van der Waals surface area contributed by atoms with E-state index in [2.05, 4.69) is 94.4 Å². The lowest BCUT2D eigenvalue weighted by Gasteiger charge is -2.50. The fourth-order valence-electron chi connectivity index (χ4n) is 12.3. The number of fused-ring (bicyclic) bond motifs is 5. The van der Waals surface area contributed by atoms with Gasteiger partial charge in [0.2, 0.25) is 0 Å². The molecule has 4 saturated carbocycles. The average Bonchev–Trinajstić information content (AvgIpc) is 3.13. The topological polar surface area (TPSA) is 62.5 Å². The first-order chi connectivity index (χ1) is 25.2. The van der Waals surface area contributed by atoms with Crippen molar-refractivity contribution in [3.8, 4) is 40.2 Å². The Bertz CT molecular complexity index is 2020. The molecule has 8 atom stereocenters. The second-order valence-electron chi connectivity index (χ2n) is 18.2. The van der Waals surface area contributed by atoms with Crippen LogP contribution in [-0.4, -0.2) is 15.0 Å². The van der Waals surface area contributed by atoms with E-state index in [4.69, 9.17) is 15.0 Å². The van der Waals surface area contributed by atoms with Crippen molar-refractivity contribution in [2.75, 3.05) is 0 Å². The van der Waals surface area contributed by atoms with Crippen molar-refractivity contribution >= 4 is 10.8 Å². The minimum Gasteiger partial charge on any atom is -0.208 e. The highest BCUT2D eigenvalue weighted by molar-refractivity contribution is 5.91. The third-order valence-electron chi connectivity index (χ3n) is 13.7. The second-order valence-corrected chi connectivity index (χ2v) is 18.2. The summed E-state index contributed by atoms with van der Waals surface area (Å²) in [5.74, 6) is 6.88. The molecule has 0 radical (unpaired) electrons. The summed E-state index contributed by atoms with van der Waals surface area (Å²) in [4.78, 5) is 15.5. The van der Waals surface area contributed by atoms with E-state index in [-0.39, 0.29) is 10.8 Å².